The molecule has 1 aromatic rings. The number of rotatable bonds is 7. The van der Waals surface area contributed by atoms with Gasteiger partial charge in [0.1, 0.15) is 6.07 Å². The minimum Gasteiger partial charge on any atom is -0.396 e. The van der Waals surface area contributed by atoms with Gasteiger partial charge in [-0.2, -0.15) is 5.26 Å². The molecule has 0 saturated carbocycles. The van der Waals surface area contributed by atoms with Gasteiger partial charge < -0.3 is 15.3 Å². The summed E-state index contributed by atoms with van der Waals surface area (Å²) in [5.74, 6) is 0. The van der Waals surface area contributed by atoms with Gasteiger partial charge in [-0.15, -0.1) is 0 Å². The molecule has 0 aliphatic rings. The summed E-state index contributed by atoms with van der Waals surface area (Å²) < 4.78 is 0. The fourth-order valence-corrected chi connectivity index (χ4v) is 2.14. The number of hydrogen-bond acceptors (Lipinski definition) is 4. The van der Waals surface area contributed by atoms with Crippen molar-refractivity contribution in [2.24, 2.45) is 0 Å². The van der Waals surface area contributed by atoms with Gasteiger partial charge in [0.2, 0.25) is 0 Å². The molecular formula is C15H23N3O. The fraction of sp³-hybridized carbons (Fsp3) is 0.533. The molecule has 19 heavy (non-hydrogen) atoms. The van der Waals surface area contributed by atoms with E-state index in [0.29, 0.717) is 18.0 Å². The summed E-state index contributed by atoms with van der Waals surface area (Å²) in [5, 5.41) is 21.4. The van der Waals surface area contributed by atoms with Gasteiger partial charge in [0, 0.05) is 25.7 Å². The lowest BCUT2D eigenvalue weighted by atomic mass is 10.1. The first kappa shape index (κ1) is 15.5. The molecule has 0 unspecified atom stereocenters. The lowest BCUT2D eigenvalue weighted by Gasteiger charge is -2.30. The number of hydrogen-bond donors (Lipinski definition) is 2. The van der Waals surface area contributed by atoms with Gasteiger partial charge in [0.05, 0.1) is 11.3 Å². The molecule has 0 aromatic heterocycles. The molecule has 4 nitrogen and oxygen atoms in total. The molecule has 0 aliphatic heterocycles. The van der Waals surface area contributed by atoms with Gasteiger partial charge in [-0.3, -0.25) is 0 Å². The average molecular weight is 261 g/mol. The topological polar surface area (TPSA) is 59.3 Å². The van der Waals surface area contributed by atoms with E-state index >= 15 is 0 Å². The van der Waals surface area contributed by atoms with Gasteiger partial charge >= 0.3 is 0 Å². The van der Waals surface area contributed by atoms with Crippen LogP contribution in [0.4, 0.5) is 5.69 Å². The van der Waals surface area contributed by atoms with Crippen molar-refractivity contribution in [2.45, 2.75) is 32.9 Å². The maximum atomic E-state index is 9.32. The van der Waals surface area contributed by atoms with Crippen LogP contribution in [0.3, 0.4) is 0 Å². The summed E-state index contributed by atoms with van der Waals surface area (Å²) in [6.45, 7) is 5.88. The van der Waals surface area contributed by atoms with Crippen LogP contribution >= 0.6 is 0 Å². The maximum Gasteiger partial charge on any atom is 0.101 e. The Labute approximate surface area is 115 Å². The van der Waals surface area contributed by atoms with Gasteiger partial charge in [0.15, 0.2) is 0 Å². The van der Waals surface area contributed by atoms with Crippen molar-refractivity contribution >= 4 is 5.69 Å². The molecule has 0 amide bonds. The predicted molar refractivity (Wildman–Crippen MR) is 78.1 cm³/mol. The average Bonchev–Trinajstić information content (AvgIpc) is 2.40. The van der Waals surface area contributed by atoms with Crippen LogP contribution in [0.5, 0.6) is 0 Å². The molecule has 0 fully saturated rings. The number of benzene rings is 1. The molecule has 2 N–H and O–H groups in total. The zero-order chi connectivity index (χ0) is 14.3. The van der Waals surface area contributed by atoms with Crippen LogP contribution < -0.4 is 10.2 Å². The van der Waals surface area contributed by atoms with Crippen molar-refractivity contribution in [1.82, 2.24) is 5.32 Å². The largest absolute Gasteiger partial charge is 0.396 e. The lowest BCUT2D eigenvalue weighted by Crippen LogP contribution is -2.32. The highest BCUT2D eigenvalue weighted by molar-refractivity contribution is 5.61. The summed E-state index contributed by atoms with van der Waals surface area (Å²) in [7, 11) is 1.89. The van der Waals surface area contributed by atoms with E-state index in [-0.39, 0.29) is 6.61 Å². The fourth-order valence-electron chi connectivity index (χ4n) is 2.14. The van der Waals surface area contributed by atoms with E-state index < -0.39 is 0 Å². The minimum atomic E-state index is 0.170. The van der Waals surface area contributed by atoms with Crippen molar-refractivity contribution in [3.8, 4) is 6.07 Å². The molecule has 0 bridgehead atoms. The zero-order valence-electron chi connectivity index (χ0n) is 12.0. The Hall–Kier alpha value is -1.57. The molecule has 0 saturated heterocycles. The Morgan fingerprint density at radius 1 is 1.42 bits per heavy atom. The van der Waals surface area contributed by atoms with Crippen LogP contribution in [0.15, 0.2) is 18.2 Å². The molecule has 104 valence electrons. The van der Waals surface area contributed by atoms with Crippen molar-refractivity contribution in [2.75, 3.05) is 25.1 Å². The molecule has 0 aliphatic carbocycles. The highest BCUT2D eigenvalue weighted by Gasteiger charge is 2.14. The van der Waals surface area contributed by atoms with Gasteiger partial charge in [-0.1, -0.05) is 6.07 Å². The molecular weight excluding hydrogens is 238 g/mol. The second-order valence-corrected chi connectivity index (χ2v) is 4.86. The summed E-state index contributed by atoms with van der Waals surface area (Å²) in [5.41, 5.74) is 2.75. The van der Waals surface area contributed by atoms with E-state index in [2.05, 4.69) is 30.1 Å². The summed E-state index contributed by atoms with van der Waals surface area (Å²) in [6, 6.07) is 8.55. The Morgan fingerprint density at radius 3 is 2.68 bits per heavy atom. The first-order valence-electron chi connectivity index (χ1n) is 6.69. The van der Waals surface area contributed by atoms with Gasteiger partial charge in [-0.25, -0.2) is 0 Å². The molecule has 4 heteroatoms. The standard InChI is InChI=1S/C15H23N3O/c1-12(2)18(7-4-8-19)15-6-5-13(11-17-3)9-14(15)10-16/h5-6,9,12,17,19H,4,7-8,11H2,1-3H3. The highest BCUT2D eigenvalue weighted by atomic mass is 16.3. The first-order valence-corrected chi connectivity index (χ1v) is 6.69. The SMILES string of the molecule is CNCc1ccc(N(CCCO)C(C)C)c(C#N)c1. The zero-order valence-corrected chi connectivity index (χ0v) is 12.0. The maximum absolute atomic E-state index is 9.32. The van der Waals surface area contributed by atoms with E-state index in [4.69, 9.17) is 5.11 Å². The minimum absolute atomic E-state index is 0.170. The highest BCUT2D eigenvalue weighted by Crippen LogP contribution is 2.23. The molecule has 0 spiro atoms. The normalized spacial score (nSPS) is 10.5. The van der Waals surface area contributed by atoms with E-state index in [1.54, 1.807) is 0 Å². The summed E-state index contributed by atoms with van der Waals surface area (Å²) >= 11 is 0. The van der Waals surface area contributed by atoms with E-state index in [1.807, 2.05) is 25.2 Å². The third kappa shape index (κ3) is 4.23. The predicted octanol–water partition coefficient (Wildman–Crippen LogP) is 1.87. The van der Waals surface area contributed by atoms with Crippen LogP contribution in [0.1, 0.15) is 31.4 Å². The Morgan fingerprint density at radius 2 is 2.16 bits per heavy atom. The Bertz CT molecular complexity index is 438. The number of nitrogens with zero attached hydrogens (tertiary/aromatic N) is 2. The smallest absolute Gasteiger partial charge is 0.101 e. The van der Waals surface area contributed by atoms with Gasteiger partial charge in [0.25, 0.3) is 0 Å². The number of aliphatic hydroxyl groups is 1. The van der Waals surface area contributed by atoms with Crippen molar-refractivity contribution in [1.29, 1.82) is 5.26 Å². The third-order valence-corrected chi connectivity index (χ3v) is 3.05. The van der Waals surface area contributed by atoms with E-state index in [1.165, 1.54) is 0 Å². The monoisotopic (exact) mass is 261 g/mol. The molecule has 1 rings (SSSR count). The van der Waals surface area contributed by atoms with Crippen LogP contribution in [0.2, 0.25) is 0 Å². The Balaban J connectivity index is 3.05. The van der Waals surface area contributed by atoms with Crippen LogP contribution in [-0.2, 0) is 6.54 Å². The number of nitriles is 1. The molecule has 0 heterocycles. The Kier molecular flexibility index (Phi) is 6.34. The quantitative estimate of drug-likeness (QED) is 0.786. The second kappa shape index (κ2) is 7.78. The van der Waals surface area contributed by atoms with E-state index in [9.17, 15) is 5.26 Å². The van der Waals surface area contributed by atoms with Crippen LogP contribution in [0, 0.1) is 11.3 Å². The third-order valence-electron chi connectivity index (χ3n) is 3.05. The van der Waals surface area contributed by atoms with Crippen molar-refractivity contribution in [3.05, 3.63) is 29.3 Å². The van der Waals surface area contributed by atoms with E-state index in [0.717, 1.165) is 24.3 Å². The lowest BCUT2D eigenvalue weighted by molar-refractivity contribution is 0.288. The van der Waals surface area contributed by atoms with Crippen molar-refractivity contribution in [3.63, 3.8) is 0 Å². The number of nitrogens with one attached hydrogen (secondary N) is 1. The number of anilines is 1. The molecule has 0 radical (unpaired) electrons. The first-order chi connectivity index (χ1) is 9.13. The molecule has 0 atom stereocenters. The molecule has 1 aromatic carbocycles. The van der Waals surface area contributed by atoms with Gasteiger partial charge in [-0.05, 0) is 45.0 Å². The van der Waals surface area contributed by atoms with Crippen LogP contribution in [0.25, 0.3) is 0 Å². The summed E-state index contributed by atoms with van der Waals surface area (Å²) in [6.07, 6.45) is 0.710. The number of aliphatic hydroxyl groups excluding tert-OH is 1. The second-order valence-electron chi connectivity index (χ2n) is 4.86. The van der Waals surface area contributed by atoms with Crippen molar-refractivity contribution < 1.29 is 5.11 Å². The summed E-state index contributed by atoms with van der Waals surface area (Å²) in [4.78, 5) is 2.16. The van der Waals surface area contributed by atoms with Crippen LogP contribution in [-0.4, -0.2) is 31.3 Å².